The summed E-state index contributed by atoms with van der Waals surface area (Å²) in [6.45, 7) is 0.159. The Morgan fingerprint density at radius 3 is 2.77 bits per heavy atom. The largest absolute Gasteiger partial charge is 0.469 e. The average Bonchev–Trinajstić information content (AvgIpc) is 3.26. The standard InChI is InChI=1S/C20H22F2N4O5/c1-30-15(27)7-6-14(19(28)31-2)25-20(29)26-9-8-13-17(24-10-23-13)18(26)11-4-3-5-12(21)16(11)22/h3-5,10,14,18H,6-9H2,1-2H3,(H,23,24)(H,25,29). The molecule has 1 aromatic carbocycles. The van der Waals surface area contributed by atoms with E-state index in [-0.39, 0.29) is 24.9 Å². The van der Waals surface area contributed by atoms with Crippen LogP contribution in [0.5, 0.6) is 0 Å². The van der Waals surface area contributed by atoms with Crippen molar-refractivity contribution in [1.82, 2.24) is 20.2 Å². The number of aromatic amines is 1. The smallest absolute Gasteiger partial charge is 0.328 e. The number of nitrogens with one attached hydrogen (secondary N) is 2. The second kappa shape index (κ2) is 9.54. The Morgan fingerprint density at radius 1 is 1.29 bits per heavy atom. The molecule has 2 unspecified atom stereocenters. The summed E-state index contributed by atoms with van der Waals surface area (Å²) in [5, 5.41) is 2.52. The van der Waals surface area contributed by atoms with Gasteiger partial charge in [0, 0.05) is 30.6 Å². The maximum atomic E-state index is 14.6. The highest BCUT2D eigenvalue weighted by molar-refractivity contribution is 5.84. The highest BCUT2D eigenvalue weighted by atomic mass is 19.2. The van der Waals surface area contributed by atoms with Crippen LogP contribution in [-0.4, -0.2) is 59.6 Å². The number of nitrogens with zero attached hydrogens (tertiary/aromatic N) is 2. The van der Waals surface area contributed by atoms with Crippen molar-refractivity contribution in [3.8, 4) is 0 Å². The zero-order valence-corrected chi connectivity index (χ0v) is 17.0. The lowest BCUT2D eigenvalue weighted by Crippen LogP contribution is -2.51. The van der Waals surface area contributed by atoms with Gasteiger partial charge < -0.3 is 24.7 Å². The monoisotopic (exact) mass is 436 g/mol. The minimum Gasteiger partial charge on any atom is -0.469 e. The second-order valence-corrected chi connectivity index (χ2v) is 6.90. The molecule has 0 saturated carbocycles. The number of amides is 2. The third kappa shape index (κ3) is 4.65. The lowest BCUT2D eigenvalue weighted by atomic mass is 9.95. The maximum absolute atomic E-state index is 14.6. The molecule has 0 saturated heterocycles. The molecule has 2 aromatic rings. The molecule has 0 radical (unpaired) electrons. The summed E-state index contributed by atoms with van der Waals surface area (Å²) in [7, 11) is 2.36. The molecule has 1 aliphatic heterocycles. The molecule has 2 heterocycles. The molecule has 0 aliphatic carbocycles. The SMILES string of the molecule is COC(=O)CCC(NC(=O)N1CCc2[nH]cnc2C1c1cccc(F)c1F)C(=O)OC. The summed E-state index contributed by atoms with van der Waals surface area (Å²) in [5.41, 5.74) is 1.02. The number of aromatic nitrogens is 2. The minimum absolute atomic E-state index is 0.0500. The Hall–Kier alpha value is -3.50. The molecule has 2 N–H and O–H groups in total. The van der Waals surface area contributed by atoms with Crippen molar-refractivity contribution in [2.45, 2.75) is 31.3 Å². The number of ether oxygens (including phenoxy) is 2. The number of carbonyl (C=O) groups excluding carboxylic acids is 3. The molecule has 0 bridgehead atoms. The molecule has 1 aromatic heterocycles. The molecule has 2 atom stereocenters. The normalized spacial score (nSPS) is 16.3. The van der Waals surface area contributed by atoms with Gasteiger partial charge in [-0.05, 0) is 12.5 Å². The maximum Gasteiger partial charge on any atom is 0.328 e. The molecule has 3 rings (SSSR count). The molecule has 166 valence electrons. The zero-order valence-electron chi connectivity index (χ0n) is 17.0. The summed E-state index contributed by atoms with van der Waals surface area (Å²) >= 11 is 0. The number of halogens is 2. The van der Waals surface area contributed by atoms with Gasteiger partial charge in [0.2, 0.25) is 0 Å². The third-order valence-electron chi connectivity index (χ3n) is 5.11. The van der Waals surface area contributed by atoms with Crippen LogP contribution in [0.15, 0.2) is 24.5 Å². The number of carbonyl (C=O) groups is 3. The first-order valence-electron chi connectivity index (χ1n) is 9.55. The van der Waals surface area contributed by atoms with E-state index >= 15 is 0 Å². The molecular formula is C20H22F2N4O5. The van der Waals surface area contributed by atoms with Crippen molar-refractivity contribution >= 4 is 18.0 Å². The first kappa shape index (κ1) is 22.2. The highest BCUT2D eigenvalue weighted by Gasteiger charge is 2.37. The van der Waals surface area contributed by atoms with Crippen LogP contribution in [-0.2, 0) is 25.5 Å². The number of fused-ring (bicyclic) bond motifs is 1. The number of imidazole rings is 1. The van der Waals surface area contributed by atoms with E-state index in [4.69, 9.17) is 4.74 Å². The minimum atomic E-state index is -1.13. The number of hydrogen-bond acceptors (Lipinski definition) is 6. The van der Waals surface area contributed by atoms with E-state index in [0.29, 0.717) is 17.8 Å². The quantitative estimate of drug-likeness (QED) is 0.668. The summed E-state index contributed by atoms with van der Waals surface area (Å²) < 4.78 is 37.8. The van der Waals surface area contributed by atoms with Crippen molar-refractivity contribution in [2.24, 2.45) is 0 Å². The molecule has 11 heteroatoms. The zero-order chi connectivity index (χ0) is 22.5. The van der Waals surface area contributed by atoms with Crippen molar-refractivity contribution < 1.29 is 32.6 Å². The van der Waals surface area contributed by atoms with Gasteiger partial charge in [0.25, 0.3) is 0 Å². The molecule has 1 aliphatic rings. The Kier molecular flexibility index (Phi) is 6.83. The first-order valence-corrected chi connectivity index (χ1v) is 9.55. The lowest BCUT2D eigenvalue weighted by Gasteiger charge is -2.36. The van der Waals surface area contributed by atoms with E-state index in [1.165, 1.54) is 30.5 Å². The Balaban J connectivity index is 1.89. The Morgan fingerprint density at radius 2 is 2.06 bits per heavy atom. The fourth-order valence-corrected chi connectivity index (χ4v) is 3.53. The number of H-pyrrole nitrogens is 1. The molecule has 0 fully saturated rings. The number of methoxy groups -OCH3 is 2. The number of urea groups is 1. The lowest BCUT2D eigenvalue weighted by molar-refractivity contribution is -0.144. The van der Waals surface area contributed by atoms with Crippen molar-refractivity contribution in [1.29, 1.82) is 0 Å². The average molecular weight is 436 g/mol. The topological polar surface area (TPSA) is 114 Å². The number of esters is 2. The molecule has 31 heavy (non-hydrogen) atoms. The molecule has 2 amide bonds. The van der Waals surface area contributed by atoms with E-state index in [1.807, 2.05) is 0 Å². The van der Waals surface area contributed by atoms with Crippen LogP contribution >= 0.6 is 0 Å². The van der Waals surface area contributed by atoms with Gasteiger partial charge >= 0.3 is 18.0 Å². The van der Waals surface area contributed by atoms with Crippen LogP contribution in [0, 0.1) is 11.6 Å². The van der Waals surface area contributed by atoms with Gasteiger partial charge in [-0.3, -0.25) is 4.79 Å². The van der Waals surface area contributed by atoms with Crippen LogP contribution in [0.1, 0.15) is 35.8 Å². The number of hydrogen-bond donors (Lipinski definition) is 2. The summed E-state index contributed by atoms with van der Waals surface area (Å²) in [5.74, 6) is -3.44. The fourth-order valence-electron chi connectivity index (χ4n) is 3.53. The first-order chi connectivity index (χ1) is 14.9. The van der Waals surface area contributed by atoms with Gasteiger partial charge in [-0.15, -0.1) is 0 Å². The van der Waals surface area contributed by atoms with Gasteiger partial charge in [-0.25, -0.2) is 23.4 Å². The second-order valence-electron chi connectivity index (χ2n) is 6.90. The van der Waals surface area contributed by atoms with Crippen molar-refractivity contribution in [2.75, 3.05) is 20.8 Å². The molecular weight excluding hydrogens is 414 g/mol. The van der Waals surface area contributed by atoms with Crippen LogP contribution in [0.3, 0.4) is 0 Å². The van der Waals surface area contributed by atoms with Crippen molar-refractivity contribution in [3.63, 3.8) is 0 Å². The predicted octanol–water partition coefficient (Wildman–Crippen LogP) is 1.84. The van der Waals surface area contributed by atoms with E-state index in [9.17, 15) is 23.2 Å². The van der Waals surface area contributed by atoms with Gasteiger partial charge in [-0.2, -0.15) is 0 Å². The summed E-state index contributed by atoms with van der Waals surface area (Å²) in [6.07, 6.45) is 1.65. The van der Waals surface area contributed by atoms with Crippen LogP contribution in [0.4, 0.5) is 13.6 Å². The van der Waals surface area contributed by atoms with Gasteiger partial charge in [-0.1, -0.05) is 12.1 Å². The highest BCUT2D eigenvalue weighted by Crippen LogP contribution is 2.35. The van der Waals surface area contributed by atoms with Crippen LogP contribution < -0.4 is 5.32 Å². The number of benzene rings is 1. The Labute approximate surface area is 176 Å². The fraction of sp³-hybridized carbons (Fsp3) is 0.400. The van der Waals surface area contributed by atoms with E-state index < -0.39 is 41.7 Å². The third-order valence-corrected chi connectivity index (χ3v) is 5.11. The Bertz CT molecular complexity index is 980. The summed E-state index contributed by atoms with van der Waals surface area (Å²) in [6, 6.07) is 0.862. The van der Waals surface area contributed by atoms with Gasteiger partial charge in [0.05, 0.1) is 26.2 Å². The van der Waals surface area contributed by atoms with E-state index in [1.54, 1.807) is 0 Å². The summed E-state index contributed by atoms with van der Waals surface area (Å²) in [4.78, 5) is 45.1. The predicted molar refractivity (Wildman–Crippen MR) is 103 cm³/mol. The van der Waals surface area contributed by atoms with Gasteiger partial charge in [0.1, 0.15) is 12.1 Å². The molecule has 9 nitrogen and oxygen atoms in total. The van der Waals surface area contributed by atoms with Crippen LogP contribution in [0.25, 0.3) is 0 Å². The number of rotatable bonds is 6. The molecule has 0 spiro atoms. The van der Waals surface area contributed by atoms with E-state index in [2.05, 4.69) is 20.0 Å². The van der Waals surface area contributed by atoms with Crippen molar-refractivity contribution in [3.05, 3.63) is 53.1 Å². The van der Waals surface area contributed by atoms with Crippen LogP contribution in [0.2, 0.25) is 0 Å². The van der Waals surface area contributed by atoms with Gasteiger partial charge in [0.15, 0.2) is 11.6 Å². The van der Waals surface area contributed by atoms with E-state index in [0.717, 1.165) is 13.2 Å².